The fourth-order valence-corrected chi connectivity index (χ4v) is 0. The van der Waals surface area contributed by atoms with Gasteiger partial charge in [-0.2, -0.15) is 0 Å². The Bertz CT molecular complexity index is 24.1. The van der Waals surface area contributed by atoms with Gasteiger partial charge in [0.2, 0.25) is 0 Å². The van der Waals surface area contributed by atoms with Crippen LogP contribution in [0.3, 0.4) is 0 Å². The molecule has 0 nitrogen and oxygen atoms in total. The molecule has 0 atom stereocenters. The summed E-state index contributed by atoms with van der Waals surface area (Å²) in [5, 5.41) is 0. The van der Waals surface area contributed by atoms with Crippen molar-refractivity contribution >= 4 is 24.8 Å². The maximum atomic E-state index is 0. The molecule has 0 rings (SSSR count). The number of halogens is 2. The van der Waals surface area contributed by atoms with E-state index in [-0.39, 0.29) is 200 Å². The van der Waals surface area contributed by atoms with Gasteiger partial charge in [0.15, 0.2) is 0 Å². The van der Waals surface area contributed by atoms with Gasteiger partial charge < -0.3 is 5.71 Å². The summed E-state index contributed by atoms with van der Waals surface area (Å²) in [7, 11) is 0. The summed E-state index contributed by atoms with van der Waals surface area (Å²) in [5.41, 5.74) is 0. The standard InChI is InChI=1S/CH4.2ClH.2K.2Na.4H/h1H4;2*1H;;;;;;;;/q;;;4*+1;4*-1. The normalized spacial score (nSPS) is 0. The summed E-state index contributed by atoms with van der Waals surface area (Å²) >= 11 is 0. The Morgan fingerprint density at radius 2 is 0.714 bits per heavy atom. The first-order valence-corrected chi connectivity index (χ1v) is 0. The van der Waals surface area contributed by atoms with E-state index in [0.29, 0.717) is 0 Å². The van der Waals surface area contributed by atoms with Gasteiger partial charge in [0, 0.05) is 0 Å². The molecule has 0 aromatic rings. The molecule has 0 amide bonds. The SMILES string of the molecule is C.Cl.Cl.[H-].[H-].[H-].[H-].[K+].[K+].[Na+].[Na+]. The van der Waals surface area contributed by atoms with Gasteiger partial charge >= 0.3 is 162 Å². The second-order valence-corrected chi connectivity index (χ2v) is 0. The number of hydrogen-bond donors (Lipinski definition) is 0. The summed E-state index contributed by atoms with van der Waals surface area (Å²) in [6, 6.07) is 0. The van der Waals surface area contributed by atoms with Crippen LogP contribution in [0.2, 0.25) is 0 Å². The molecule has 0 heterocycles. The van der Waals surface area contributed by atoms with Crippen LogP contribution in [-0.2, 0) is 0 Å². The van der Waals surface area contributed by atoms with E-state index in [4.69, 9.17) is 0 Å². The van der Waals surface area contributed by atoms with Crippen LogP contribution in [0.4, 0.5) is 0 Å². The van der Waals surface area contributed by atoms with E-state index >= 15 is 0 Å². The van der Waals surface area contributed by atoms with Crippen LogP contribution in [0.25, 0.3) is 0 Å². The van der Waals surface area contributed by atoms with Crippen molar-refractivity contribution in [1.82, 2.24) is 0 Å². The Morgan fingerprint density at radius 1 is 0.714 bits per heavy atom. The predicted octanol–water partition coefficient (Wildman–Crippen LogP) is -10.1. The average Bonchev–Trinajstić information content (AvgIpc) is 0. The van der Waals surface area contributed by atoms with Crippen LogP contribution in [0, 0.1) is 0 Å². The van der Waals surface area contributed by atoms with Crippen molar-refractivity contribution in [3.8, 4) is 0 Å². The zero-order valence-electron chi connectivity index (χ0n) is 8.82. The maximum Gasteiger partial charge on any atom is 1.00 e. The molecule has 0 radical (unpaired) electrons. The largest absolute Gasteiger partial charge is 1.00 e. The predicted molar refractivity (Wildman–Crippen MR) is 25.7 cm³/mol. The van der Waals surface area contributed by atoms with Gasteiger partial charge in [-0.15, -0.1) is 24.8 Å². The molecule has 0 N–H and O–H groups in total. The van der Waals surface area contributed by atoms with E-state index in [1.807, 2.05) is 0 Å². The van der Waals surface area contributed by atoms with E-state index in [9.17, 15) is 0 Å². The van der Waals surface area contributed by atoms with Gasteiger partial charge in [0.1, 0.15) is 0 Å². The van der Waals surface area contributed by atoms with Crippen molar-refractivity contribution in [1.29, 1.82) is 0 Å². The minimum absolute atomic E-state index is 0. The Kier molecular flexibility index (Phi) is 307. The van der Waals surface area contributed by atoms with Crippen LogP contribution >= 0.6 is 24.8 Å². The van der Waals surface area contributed by atoms with Gasteiger partial charge in [-0.1, -0.05) is 7.43 Å². The van der Waals surface area contributed by atoms with Gasteiger partial charge in [0.25, 0.3) is 0 Å². The molecule has 32 valence electrons. The molecule has 0 aliphatic heterocycles. The van der Waals surface area contributed by atoms with E-state index in [0.717, 1.165) is 0 Å². The molecule has 7 heavy (non-hydrogen) atoms. The Labute approximate surface area is 194 Å². The maximum absolute atomic E-state index is 0. The Balaban J connectivity index is 0. The first-order valence-electron chi connectivity index (χ1n) is 0. The molecule has 0 unspecified atom stereocenters. The molecular formula is CH10Cl2K2Na2. The Morgan fingerprint density at radius 3 is 0.714 bits per heavy atom. The molecule has 0 aromatic heterocycles. The van der Waals surface area contributed by atoms with Crippen molar-refractivity contribution in [3.63, 3.8) is 0 Å². The molecule has 0 saturated carbocycles. The molecule has 0 saturated heterocycles. The number of hydrogen-bond acceptors (Lipinski definition) is 0. The summed E-state index contributed by atoms with van der Waals surface area (Å²) in [6.07, 6.45) is 0. The number of rotatable bonds is 0. The zero-order chi connectivity index (χ0) is 0. The summed E-state index contributed by atoms with van der Waals surface area (Å²) in [5.74, 6) is 0. The van der Waals surface area contributed by atoms with E-state index in [2.05, 4.69) is 0 Å². The van der Waals surface area contributed by atoms with Crippen molar-refractivity contribution in [3.05, 3.63) is 0 Å². The third kappa shape index (κ3) is 33.6. The van der Waals surface area contributed by atoms with Gasteiger partial charge in [-0.25, -0.2) is 0 Å². The van der Waals surface area contributed by atoms with Crippen LogP contribution in [-0.4, -0.2) is 0 Å². The average molecular weight is 217 g/mol. The van der Waals surface area contributed by atoms with Gasteiger partial charge in [-0.3, -0.25) is 0 Å². The minimum atomic E-state index is 0. The van der Waals surface area contributed by atoms with E-state index < -0.39 is 0 Å². The van der Waals surface area contributed by atoms with Crippen LogP contribution in [0.15, 0.2) is 0 Å². The van der Waals surface area contributed by atoms with E-state index in [1.54, 1.807) is 0 Å². The summed E-state index contributed by atoms with van der Waals surface area (Å²) < 4.78 is 0. The fraction of sp³-hybridized carbons (Fsp3) is 1.00. The third-order valence-corrected chi connectivity index (χ3v) is 0. The first-order chi connectivity index (χ1) is 0. The summed E-state index contributed by atoms with van der Waals surface area (Å²) in [6.45, 7) is 0. The topological polar surface area (TPSA) is 0 Å². The third-order valence-electron chi connectivity index (χ3n) is 0. The molecule has 0 spiro atoms. The molecule has 0 aliphatic carbocycles. The molecule has 0 aliphatic rings. The molecule has 0 bridgehead atoms. The smallest absolute Gasteiger partial charge is 1.00 e. The van der Waals surface area contributed by atoms with Crippen molar-refractivity contribution in [2.75, 3.05) is 0 Å². The van der Waals surface area contributed by atoms with Crippen LogP contribution < -0.4 is 162 Å². The van der Waals surface area contributed by atoms with E-state index in [1.165, 1.54) is 0 Å². The van der Waals surface area contributed by atoms with Crippen molar-refractivity contribution < 1.29 is 168 Å². The molecular weight excluding hydrogens is 207 g/mol. The fourth-order valence-electron chi connectivity index (χ4n) is 0. The van der Waals surface area contributed by atoms with Crippen molar-refractivity contribution in [2.45, 2.75) is 7.43 Å². The quantitative estimate of drug-likeness (QED) is 0.353. The van der Waals surface area contributed by atoms with Gasteiger partial charge in [-0.05, 0) is 0 Å². The zero-order valence-corrected chi connectivity index (χ0v) is 16.7. The summed E-state index contributed by atoms with van der Waals surface area (Å²) in [4.78, 5) is 0. The van der Waals surface area contributed by atoms with Gasteiger partial charge in [0.05, 0.1) is 0 Å². The van der Waals surface area contributed by atoms with Crippen LogP contribution in [0.5, 0.6) is 0 Å². The first kappa shape index (κ1) is 52.7. The molecule has 0 fully saturated rings. The monoisotopic (exact) mass is 216 g/mol. The molecule has 0 aromatic carbocycles. The molecule has 6 heteroatoms. The van der Waals surface area contributed by atoms with Crippen molar-refractivity contribution in [2.24, 2.45) is 0 Å². The Hall–Kier alpha value is 5.85. The second kappa shape index (κ2) is 40.8. The minimum Gasteiger partial charge on any atom is -1.00 e. The van der Waals surface area contributed by atoms with Crippen LogP contribution in [0.1, 0.15) is 13.1 Å². The second-order valence-electron chi connectivity index (χ2n) is 0.